The predicted molar refractivity (Wildman–Crippen MR) is 135 cm³/mol. The molecule has 190 valence electrons. The molecule has 1 aliphatic heterocycles. The molecule has 0 radical (unpaired) electrons. The lowest BCUT2D eigenvalue weighted by Gasteiger charge is -2.39. The Morgan fingerprint density at radius 3 is 2.58 bits per heavy atom. The van der Waals surface area contributed by atoms with E-state index in [2.05, 4.69) is 4.98 Å². The second kappa shape index (κ2) is 11.0. The molecule has 0 spiro atoms. The topological polar surface area (TPSA) is 145 Å². The second-order valence-corrected chi connectivity index (χ2v) is 9.50. The van der Waals surface area contributed by atoms with E-state index in [1.54, 1.807) is 4.90 Å². The van der Waals surface area contributed by atoms with Crippen LogP contribution in [0.15, 0.2) is 59.7 Å². The van der Waals surface area contributed by atoms with Gasteiger partial charge in [-0.2, -0.15) is 0 Å². The molecule has 1 aromatic heterocycles. The third-order valence-corrected chi connectivity index (χ3v) is 6.92. The number of rotatable bonds is 9. The molecule has 1 saturated heterocycles. The average Bonchev–Trinajstić information content (AvgIpc) is 2.88. The minimum atomic E-state index is -1.16. The summed E-state index contributed by atoms with van der Waals surface area (Å²) in [5.74, 6) is -0.0982. The quantitative estimate of drug-likeness (QED) is 0.343. The summed E-state index contributed by atoms with van der Waals surface area (Å²) in [6, 6.07) is 13.8. The standard InChI is InChI=1S/C26H31N5O5/c27-12-4-7-20(15-19-5-2-1-3-6-19)24(32)29-13-10-26(34,11-14-29)17-30-18-28-23-16-21(31(35)36)8-9-22(23)25(30)33/h1-3,5-6,8-9,16,18,20,34H,4,7,10-15,17,27H2. The predicted octanol–water partition coefficient (Wildman–Crippen LogP) is 2.26. The first kappa shape index (κ1) is 25.5. The SMILES string of the molecule is NCCCC(Cc1ccccc1)C(=O)N1CCC(O)(Cn2cnc3cc([N+](=O)[O-])ccc3c2=O)CC1. The Morgan fingerprint density at radius 1 is 1.19 bits per heavy atom. The molecular formula is C26H31N5O5. The van der Waals surface area contributed by atoms with Gasteiger partial charge in [0.15, 0.2) is 0 Å². The highest BCUT2D eigenvalue weighted by molar-refractivity contribution is 5.80. The minimum Gasteiger partial charge on any atom is -0.388 e. The van der Waals surface area contributed by atoms with Crippen LogP contribution in [0.3, 0.4) is 0 Å². The lowest BCUT2D eigenvalue weighted by molar-refractivity contribution is -0.384. The highest BCUT2D eigenvalue weighted by Crippen LogP contribution is 2.27. The van der Waals surface area contributed by atoms with Crippen molar-refractivity contribution in [1.82, 2.24) is 14.5 Å². The largest absolute Gasteiger partial charge is 0.388 e. The fraction of sp³-hybridized carbons (Fsp3) is 0.423. The summed E-state index contributed by atoms with van der Waals surface area (Å²) in [7, 11) is 0. The van der Waals surface area contributed by atoms with E-state index in [1.807, 2.05) is 30.3 Å². The van der Waals surface area contributed by atoms with Crippen molar-refractivity contribution < 1.29 is 14.8 Å². The van der Waals surface area contributed by atoms with Crippen LogP contribution >= 0.6 is 0 Å². The van der Waals surface area contributed by atoms with E-state index < -0.39 is 10.5 Å². The molecule has 3 aromatic rings. The van der Waals surface area contributed by atoms with Crippen LogP contribution in [0.5, 0.6) is 0 Å². The van der Waals surface area contributed by atoms with Crippen LogP contribution in [-0.2, 0) is 17.8 Å². The summed E-state index contributed by atoms with van der Waals surface area (Å²) >= 11 is 0. The molecular weight excluding hydrogens is 462 g/mol. The number of amides is 1. The number of hydrogen-bond acceptors (Lipinski definition) is 7. The van der Waals surface area contributed by atoms with Gasteiger partial charge in [-0.15, -0.1) is 0 Å². The summed E-state index contributed by atoms with van der Waals surface area (Å²) in [6.07, 6.45) is 4.10. The molecule has 0 bridgehead atoms. The Balaban J connectivity index is 1.43. The second-order valence-electron chi connectivity index (χ2n) is 9.50. The van der Waals surface area contributed by atoms with Gasteiger partial charge in [-0.25, -0.2) is 4.98 Å². The zero-order chi connectivity index (χ0) is 25.7. The number of aromatic nitrogens is 2. The number of piperidine rings is 1. The molecule has 10 heteroatoms. The number of aliphatic hydroxyl groups is 1. The van der Waals surface area contributed by atoms with E-state index in [4.69, 9.17) is 5.73 Å². The van der Waals surface area contributed by atoms with E-state index >= 15 is 0 Å². The molecule has 2 aromatic carbocycles. The molecule has 0 aliphatic carbocycles. The Hall–Kier alpha value is -3.63. The third-order valence-electron chi connectivity index (χ3n) is 6.92. The maximum atomic E-state index is 13.3. The van der Waals surface area contributed by atoms with E-state index in [0.717, 1.165) is 12.0 Å². The van der Waals surface area contributed by atoms with Crippen LogP contribution in [0.2, 0.25) is 0 Å². The zero-order valence-corrected chi connectivity index (χ0v) is 20.1. The molecule has 1 amide bonds. The number of fused-ring (bicyclic) bond motifs is 1. The van der Waals surface area contributed by atoms with Gasteiger partial charge in [0.25, 0.3) is 11.2 Å². The molecule has 1 fully saturated rings. The van der Waals surface area contributed by atoms with Crippen molar-refractivity contribution in [2.45, 2.75) is 44.2 Å². The van der Waals surface area contributed by atoms with Gasteiger partial charge < -0.3 is 15.7 Å². The number of nitro groups is 1. The summed E-state index contributed by atoms with van der Waals surface area (Å²) in [6.45, 7) is 1.35. The number of likely N-dealkylation sites (tertiary alicyclic amines) is 1. The Kier molecular flexibility index (Phi) is 7.76. The fourth-order valence-corrected chi connectivity index (χ4v) is 4.83. The van der Waals surface area contributed by atoms with Crippen molar-refractivity contribution in [3.05, 3.63) is 80.9 Å². The van der Waals surface area contributed by atoms with E-state index in [9.17, 15) is 24.8 Å². The van der Waals surface area contributed by atoms with Gasteiger partial charge in [0.05, 0.1) is 34.3 Å². The van der Waals surface area contributed by atoms with Gasteiger partial charge in [0.2, 0.25) is 5.91 Å². The molecule has 1 unspecified atom stereocenters. The minimum absolute atomic E-state index is 0.0361. The smallest absolute Gasteiger partial charge is 0.271 e. The van der Waals surface area contributed by atoms with E-state index in [1.165, 1.54) is 29.1 Å². The Bertz CT molecular complexity index is 1280. The van der Waals surface area contributed by atoms with Crippen LogP contribution in [0.25, 0.3) is 10.9 Å². The number of nitro benzene ring substituents is 1. The van der Waals surface area contributed by atoms with Gasteiger partial charge >= 0.3 is 0 Å². The van der Waals surface area contributed by atoms with Crippen LogP contribution < -0.4 is 11.3 Å². The number of nitrogens with zero attached hydrogens (tertiary/aromatic N) is 4. The first-order valence-corrected chi connectivity index (χ1v) is 12.2. The molecule has 10 nitrogen and oxygen atoms in total. The highest BCUT2D eigenvalue weighted by Gasteiger charge is 2.36. The van der Waals surface area contributed by atoms with Crippen molar-refractivity contribution in [2.75, 3.05) is 19.6 Å². The van der Waals surface area contributed by atoms with E-state index in [0.29, 0.717) is 45.3 Å². The number of carbonyl (C=O) groups excluding carboxylic acids is 1. The molecule has 3 N–H and O–H groups in total. The monoisotopic (exact) mass is 493 g/mol. The highest BCUT2D eigenvalue weighted by atomic mass is 16.6. The summed E-state index contributed by atoms with van der Waals surface area (Å²) in [4.78, 5) is 42.7. The lowest BCUT2D eigenvalue weighted by atomic mass is 9.88. The van der Waals surface area contributed by atoms with Crippen LogP contribution in [0.4, 0.5) is 5.69 Å². The van der Waals surface area contributed by atoms with Gasteiger partial charge in [-0.1, -0.05) is 30.3 Å². The Morgan fingerprint density at radius 2 is 1.92 bits per heavy atom. The molecule has 0 saturated carbocycles. The molecule has 2 heterocycles. The summed E-state index contributed by atoms with van der Waals surface area (Å²) in [5.41, 5.74) is 5.37. The van der Waals surface area contributed by atoms with Crippen LogP contribution in [0.1, 0.15) is 31.2 Å². The van der Waals surface area contributed by atoms with Crippen molar-refractivity contribution >= 4 is 22.5 Å². The number of non-ortho nitro benzene ring substituents is 1. The first-order valence-electron chi connectivity index (χ1n) is 12.2. The zero-order valence-electron chi connectivity index (χ0n) is 20.1. The molecule has 1 aliphatic rings. The summed E-state index contributed by atoms with van der Waals surface area (Å²) < 4.78 is 1.34. The van der Waals surface area contributed by atoms with Gasteiger partial charge in [-0.3, -0.25) is 24.3 Å². The summed E-state index contributed by atoms with van der Waals surface area (Å²) in [5, 5.41) is 22.5. The molecule has 36 heavy (non-hydrogen) atoms. The van der Waals surface area contributed by atoms with E-state index in [-0.39, 0.29) is 40.5 Å². The number of hydrogen-bond donors (Lipinski definition) is 2. The third kappa shape index (κ3) is 5.77. The first-order chi connectivity index (χ1) is 17.3. The van der Waals surface area contributed by atoms with Gasteiger partial charge in [-0.05, 0) is 50.3 Å². The van der Waals surface area contributed by atoms with Crippen molar-refractivity contribution in [3.63, 3.8) is 0 Å². The normalized spacial score (nSPS) is 16.1. The van der Waals surface area contributed by atoms with Gasteiger partial charge in [0.1, 0.15) is 0 Å². The number of benzene rings is 2. The van der Waals surface area contributed by atoms with Crippen molar-refractivity contribution in [3.8, 4) is 0 Å². The number of carbonyl (C=O) groups is 1. The molecule has 1 atom stereocenters. The number of nitrogens with two attached hydrogens (primary N) is 1. The lowest BCUT2D eigenvalue weighted by Crippen LogP contribution is -2.51. The fourth-order valence-electron chi connectivity index (χ4n) is 4.83. The maximum absolute atomic E-state index is 13.3. The molecule has 4 rings (SSSR count). The van der Waals surface area contributed by atoms with Gasteiger partial charge in [0, 0.05) is 31.1 Å². The maximum Gasteiger partial charge on any atom is 0.271 e. The average molecular weight is 494 g/mol. The van der Waals surface area contributed by atoms with Crippen molar-refractivity contribution in [2.24, 2.45) is 11.7 Å². The Labute approximate surface area is 208 Å². The van der Waals surface area contributed by atoms with Crippen LogP contribution in [-0.4, -0.2) is 55.6 Å². The van der Waals surface area contributed by atoms with Crippen molar-refractivity contribution in [1.29, 1.82) is 0 Å². The van der Waals surface area contributed by atoms with Crippen LogP contribution in [0, 0.1) is 16.0 Å².